The first-order valence-electron chi connectivity index (χ1n) is 10.6. The summed E-state index contributed by atoms with van der Waals surface area (Å²) in [6.45, 7) is 0.592. The van der Waals surface area contributed by atoms with E-state index in [0.717, 1.165) is 17.6 Å². The highest BCUT2D eigenvalue weighted by molar-refractivity contribution is 5.92. The Hall–Kier alpha value is -4.84. The number of aryl methyl sites for hydroxylation is 1. The Labute approximate surface area is 200 Å². The van der Waals surface area contributed by atoms with Crippen molar-refractivity contribution in [2.45, 2.75) is 31.7 Å². The van der Waals surface area contributed by atoms with Gasteiger partial charge in [0.15, 0.2) is 0 Å². The lowest BCUT2D eigenvalue weighted by molar-refractivity contribution is -0.274. The number of halogens is 3. The molecule has 9 nitrogen and oxygen atoms in total. The molecule has 2 aromatic carbocycles. The molecule has 2 aromatic heterocycles. The van der Waals surface area contributed by atoms with Gasteiger partial charge in [-0.2, -0.15) is 15.5 Å². The predicted molar refractivity (Wildman–Crippen MR) is 116 cm³/mol. The highest BCUT2D eigenvalue weighted by Crippen LogP contribution is 2.41. The van der Waals surface area contributed by atoms with Crippen LogP contribution in [0.2, 0.25) is 0 Å². The highest BCUT2D eigenvalue weighted by Gasteiger charge is 2.32. The number of nitrogens with zero attached hydrogens (tertiary/aromatic N) is 5. The second-order valence-corrected chi connectivity index (χ2v) is 8.17. The number of carboxylic acid groups (broad SMARTS) is 1. The van der Waals surface area contributed by atoms with Crippen molar-refractivity contribution in [2.75, 3.05) is 0 Å². The lowest BCUT2D eigenvalue weighted by Gasteiger charge is -2.09. The summed E-state index contributed by atoms with van der Waals surface area (Å²) in [7, 11) is 0. The van der Waals surface area contributed by atoms with Crippen molar-refractivity contribution >= 4 is 16.9 Å². The van der Waals surface area contributed by atoms with Gasteiger partial charge in [-0.3, -0.25) is 4.79 Å². The fourth-order valence-electron chi connectivity index (χ4n) is 4.57. The molecule has 0 fully saturated rings. The fourth-order valence-corrected chi connectivity index (χ4v) is 4.57. The summed E-state index contributed by atoms with van der Waals surface area (Å²) in [5.74, 6) is -1.83. The van der Waals surface area contributed by atoms with Gasteiger partial charge in [0, 0.05) is 40.2 Å². The van der Waals surface area contributed by atoms with Crippen molar-refractivity contribution in [3.8, 4) is 40.7 Å². The first-order chi connectivity index (χ1) is 17.2. The van der Waals surface area contributed by atoms with Gasteiger partial charge in [0.05, 0.1) is 23.6 Å². The van der Waals surface area contributed by atoms with Crippen LogP contribution in [0.25, 0.3) is 33.7 Å². The van der Waals surface area contributed by atoms with Crippen molar-refractivity contribution in [3.05, 3.63) is 53.2 Å². The van der Waals surface area contributed by atoms with E-state index in [0.29, 0.717) is 35.2 Å². The zero-order valence-corrected chi connectivity index (χ0v) is 18.2. The molecule has 36 heavy (non-hydrogen) atoms. The molecule has 4 aromatic rings. The third-order valence-electron chi connectivity index (χ3n) is 5.92. The van der Waals surface area contributed by atoms with Crippen LogP contribution in [0.3, 0.4) is 0 Å². The summed E-state index contributed by atoms with van der Waals surface area (Å²) in [6.07, 6.45) is -4.39. The standard InChI is InChI=1S/C24H14F3N5O4/c25-24(26,27)35-16-6-12(10-28)5-15(7-16)23-30-22(31-36-23)14-1-2-19-17(8-14)18(11-29)21-13(9-20(33)34)3-4-32(19)21/h1-2,5-8,13H,3-4,9H2,(H,33,34)/t13-/m0/s1. The van der Waals surface area contributed by atoms with Gasteiger partial charge in [0.2, 0.25) is 5.82 Å². The lowest BCUT2D eigenvalue weighted by Crippen LogP contribution is -2.17. The van der Waals surface area contributed by atoms with Crippen LogP contribution in [0.1, 0.15) is 35.6 Å². The largest absolute Gasteiger partial charge is 0.573 e. The molecule has 0 amide bonds. The molecule has 0 saturated heterocycles. The van der Waals surface area contributed by atoms with Gasteiger partial charge in [-0.1, -0.05) is 5.16 Å². The Balaban J connectivity index is 1.54. The number of nitriles is 2. The molecule has 0 bridgehead atoms. The number of fused-ring (bicyclic) bond motifs is 3. The quantitative estimate of drug-likeness (QED) is 0.412. The number of carbonyl (C=O) groups is 1. The van der Waals surface area contributed by atoms with Crippen molar-refractivity contribution in [3.63, 3.8) is 0 Å². The Kier molecular flexibility index (Phi) is 5.37. The van der Waals surface area contributed by atoms with E-state index < -0.39 is 18.1 Å². The Morgan fingerprint density at radius 1 is 1.19 bits per heavy atom. The molecule has 0 radical (unpaired) electrons. The maximum absolute atomic E-state index is 12.7. The molecule has 0 saturated carbocycles. The molecule has 5 rings (SSSR count). The zero-order valence-electron chi connectivity index (χ0n) is 18.2. The monoisotopic (exact) mass is 493 g/mol. The van der Waals surface area contributed by atoms with Crippen LogP contribution < -0.4 is 4.74 Å². The smallest absolute Gasteiger partial charge is 0.481 e. The van der Waals surface area contributed by atoms with Gasteiger partial charge < -0.3 is 18.9 Å². The van der Waals surface area contributed by atoms with Gasteiger partial charge in [-0.25, -0.2) is 0 Å². The molecule has 1 aliphatic heterocycles. The summed E-state index contributed by atoms with van der Waals surface area (Å²) in [5.41, 5.74) is 2.30. The molecular weight excluding hydrogens is 479 g/mol. The SMILES string of the molecule is N#Cc1cc(OC(F)(F)F)cc(-c2nc(-c3ccc4c(c3)c(C#N)c3n4CC[C@H]3CC(=O)O)no2)c1. The van der Waals surface area contributed by atoms with Crippen LogP contribution >= 0.6 is 0 Å². The zero-order chi connectivity index (χ0) is 25.6. The van der Waals surface area contributed by atoms with Crippen LogP contribution in [0.4, 0.5) is 13.2 Å². The first kappa shape index (κ1) is 22.9. The van der Waals surface area contributed by atoms with E-state index >= 15 is 0 Å². The topological polar surface area (TPSA) is 138 Å². The molecule has 1 aliphatic rings. The molecule has 12 heteroatoms. The summed E-state index contributed by atoms with van der Waals surface area (Å²) < 4.78 is 49.1. The van der Waals surface area contributed by atoms with Gasteiger partial charge in [-0.15, -0.1) is 13.2 Å². The minimum atomic E-state index is -4.94. The van der Waals surface area contributed by atoms with Crippen LogP contribution in [0.15, 0.2) is 40.9 Å². The fraction of sp³-hybridized carbons (Fsp3) is 0.208. The number of aliphatic carboxylic acids is 1. The van der Waals surface area contributed by atoms with E-state index in [-0.39, 0.29) is 35.2 Å². The van der Waals surface area contributed by atoms with Gasteiger partial charge in [0.1, 0.15) is 11.8 Å². The van der Waals surface area contributed by atoms with Crippen LogP contribution in [-0.2, 0) is 11.3 Å². The van der Waals surface area contributed by atoms with Crippen LogP contribution in [0.5, 0.6) is 5.75 Å². The molecule has 1 atom stereocenters. The van der Waals surface area contributed by atoms with Crippen molar-refractivity contribution in [1.29, 1.82) is 10.5 Å². The van der Waals surface area contributed by atoms with Gasteiger partial charge >= 0.3 is 12.3 Å². The highest BCUT2D eigenvalue weighted by atomic mass is 19.4. The summed E-state index contributed by atoms with van der Waals surface area (Å²) in [6, 6.07) is 12.4. The number of ether oxygens (including phenoxy) is 1. The van der Waals surface area contributed by atoms with E-state index in [1.807, 2.05) is 4.57 Å². The third-order valence-corrected chi connectivity index (χ3v) is 5.92. The maximum Gasteiger partial charge on any atom is 0.573 e. The Morgan fingerprint density at radius 2 is 2.00 bits per heavy atom. The number of aromatic nitrogens is 3. The Morgan fingerprint density at radius 3 is 2.69 bits per heavy atom. The second kappa shape index (κ2) is 8.43. The van der Waals surface area contributed by atoms with Gasteiger partial charge in [0.25, 0.3) is 5.89 Å². The van der Waals surface area contributed by atoms with E-state index in [1.165, 1.54) is 6.07 Å². The molecule has 1 N–H and O–H groups in total. The first-order valence-corrected chi connectivity index (χ1v) is 10.6. The van der Waals surface area contributed by atoms with E-state index in [4.69, 9.17) is 9.78 Å². The normalized spacial score (nSPS) is 14.9. The maximum atomic E-state index is 12.7. The molecule has 0 unspecified atom stereocenters. The number of rotatable bonds is 5. The van der Waals surface area contributed by atoms with Crippen molar-refractivity contribution < 1.29 is 32.3 Å². The summed E-state index contributed by atoms with van der Waals surface area (Å²) >= 11 is 0. The van der Waals surface area contributed by atoms with Crippen molar-refractivity contribution in [2.24, 2.45) is 0 Å². The molecule has 180 valence electrons. The summed E-state index contributed by atoms with van der Waals surface area (Å²) in [5, 5.41) is 32.7. The molecule has 0 aliphatic carbocycles. The predicted octanol–water partition coefficient (Wildman–Crippen LogP) is 4.96. The summed E-state index contributed by atoms with van der Waals surface area (Å²) in [4.78, 5) is 15.5. The van der Waals surface area contributed by atoms with Crippen molar-refractivity contribution in [1.82, 2.24) is 14.7 Å². The Bertz CT molecular complexity index is 1610. The number of benzene rings is 2. The van der Waals surface area contributed by atoms with E-state index in [9.17, 15) is 28.3 Å². The number of carboxylic acids is 1. The second-order valence-electron chi connectivity index (χ2n) is 8.17. The number of alkyl halides is 3. The minimum Gasteiger partial charge on any atom is -0.481 e. The average Bonchev–Trinajstić information content (AvgIpc) is 3.52. The van der Waals surface area contributed by atoms with Crippen LogP contribution in [-0.4, -0.2) is 32.1 Å². The molecule has 3 heterocycles. The lowest BCUT2D eigenvalue weighted by atomic mass is 9.96. The molecule has 0 spiro atoms. The van der Waals surface area contributed by atoms with Crippen LogP contribution in [0, 0.1) is 22.7 Å². The number of hydrogen-bond acceptors (Lipinski definition) is 7. The number of hydrogen-bond donors (Lipinski definition) is 1. The third kappa shape index (κ3) is 4.09. The van der Waals surface area contributed by atoms with Gasteiger partial charge in [-0.05, 0) is 42.8 Å². The van der Waals surface area contributed by atoms with E-state index in [2.05, 4.69) is 20.9 Å². The van der Waals surface area contributed by atoms with E-state index in [1.54, 1.807) is 24.3 Å². The molecular formula is C24H14F3N5O4. The average molecular weight is 493 g/mol. The minimum absolute atomic E-state index is 0.0604.